The Morgan fingerprint density at radius 3 is 2.42 bits per heavy atom. The summed E-state index contributed by atoms with van der Waals surface area (Å²) < 4.78 is 8.86. The predicted molar refractivity (Wildman–Crippen MR) is 120 cm³/mol. The number of hydrogen-bond donors (Lipinski definition) is 1. The lowest BCUT2D eigenvalue weighted by Gasteiger charge is -2.09. The summed E-state index contributed by atoms with van der Waals surface area (Å²) in [5.41, 5.74) is 2.57. The molecule has 0 bridgehead atoms. The molecule has 0 spiro atoms. The lowest BCUT2D eigenvalue weighted by Crippen LogP contribution is -2.15. The van der Waals surface area contributed by atoms with Crippen molar-refractivity contribution in [3.8, 4) is 5.75 Å². The Morgan fingerprint density at radius 2 is 1.68 bits per heavy atom. The van der Waals surface area contributed by atoms with Gasteiger partial charge in [0.1, 0.15) is 0 Å². The summed E-state index contributed by atoms with van der Waals surface area (Å²) in [6.07, 6.45) is 3.45. The van der Waals surface area contributed by atoms with E-state index in [9.17, 15) is 4.79 Å². The van der Waals surface area contributed by atoms with Gasteiger partial charge in [0.25, 0.3) is 5.91 Å². The molecule has 2 aromatic carbocycles. The number of carbonyl (C=O) groups excluding carboxylic acids is 1. The van der Waals surface area contributed by atoms with Crippen molar-refractivity contribution in [2.45, 2.75) is 20.2 Å². The number of anilines is 1. The Balaban J connectivity index is 1.35. The summed E-state index contributed by atoms with van der Waals surface area (Å²) in [5, 5.41) is 12.2. The Labute approximate surface area is 189 Å². The van der Waals surface area contributed by atoms with Gasteiger partial charge >= 0.3 is 0 Å². The first kappa shape index (κ1) is 21.0. The molecule has 158 valence electrons. The van der Waals surface area contributed by atoms with Crippen LogP contribution in [-0.4, -0.2) is 25.5 Å². The zero-order chi connectivity index (χ0) is 21.8. The first-order chi connectivity index (χ1) is 15.0. The number of benzene rings is 2. The molecular weight excluding hydrogens is 437 g/mol. The highest BCUT2D eigenvalue weighted by molar-refractivity contribution is 6.37. The highest BCUT2D eigenvalue weighted by Crippen LogP contribution is 2.32. The molecule has 0 atom stereocenters. The molecule has 0 radical (unpaired) electrons. The minimum absolute atomic E-state index is 0.0575. The average molecular weight is 456 g/mol. The summed E-state index contributed by atoms with van der Waals surface area (Å²) in [4.78, 5) is 12.5. The van der Waals surface area contributed by atoms with E-state index < -0.39 is 0 Å². The SMILES string of the molecule is Cc1ccc(Cn2ccc(NC(=O)c3ccn(COc4c(Cl)cccc4Cl)n3)n2)cc1. The molecule has 0 saturated heterocycles. The van der Waals surface area contributed by atoms with E-state index in [1.165, 1.54) is 10.2 Å². The highest BCUT2D eigenvalue weighted by atomic mass is 35.5. The topological polar surface area (TPSA) is 74.0 Å². The van der Waals surface area contributed by atoms with E-state index in [1.54, 1.807) is 41.2 Å². The molecule has 0 aliphatic rings. The number of nitrogens with zero attached hydrogens (tertiary/aromatic N) is 4. The Bertz CT molecular complexity index is 1180. The lowest BCUT2D eigenvalue weighted by molar-refractivity contribution is 0.101. The van der Waals surface area contributed by atoms with Gasteiger partial charge in [0.2, 0.25) is 0 Å². The van der Waals surface area contributed by atoms with Crippen LogP contribution in [-0.2, 0) is 13.3 Å². The van der Waals surface area contributed by atoms with Crippen LogP contribution in [0.2, 0.25) is 10.0 Å². The molecule has 31 heavy (non-hydrogen) atoms. The van der Waals surface area contributed by atoms with Gasteiger partial charge in [0.15, 0.2) is 24.0 Å². The zero-order valence-corrected chi connectivity index (χ0v) is 18.1. The van der Waals surface area contributed by atoms with E-state index in [0.29, 0.717) is 28.2 Å². The molecule has 4 aromatic rings. The molecule has 0 saturated carbocycles. The molecule has 0 aliphatic carbocycles. The van der Waals surface area contributed by atoms with E-state index in [1.807, 2.05) is 13.1 Å². The monoisotopic (exact) mass is 455 g/mol. The minimum atomic E-state index is -0.366. The first-order valence-corrected chi connectivity index (χ1v) is 10.2. The molecule has 2 heterocycles. The number of para-hydroxylation sites is 1. The molecule has 1 N–H and O–H groups in total. The van der Waals surface area contributed by atoms with Crippen LogP contribution in [0.3, 0.4) is 0 Å². The molecule has 7 nitrogen and oxygen atoms in total. The van der Waals surface area contributed by atoms with E-state index in [-0.39, 0.29) is 18.3 Å². The maximum atomic E-state index is 12.5. The van der Waals surface area contributed by atoms with Crippen LogP contribution in [0.5, 0.6) is 5.75 Å². The van der Waals surface area contributed by atoms with E-state index >= 15 is 0 Å². The maximum absolute atomic E-state index is 12.5. The van der Waals surface area contributed by atoms with Gasteiger partial charge in [-0.3, -0.25) is 9.48 Å². The number of aryl methyl sites for hydroxylation is 1. The lowest BCUT2D eigenvalue weighted by atomic mass is 10.1. The second-order valence-electron chi connectivity index (χ2n) is 6.90. The van der Waals surface area contributed by atoms with Crippen molar-refractivity contribution >= 4 is 34.9 Å². The Hall–Kier alpha value is -3.29. The summed E-state index contributed by atoms with van der Waals surface area (Å²) in [5.74, 6) is 0.451. The van der Waals surface area contributed by atoms with Crippen LogP contribution < -0.4 is 10.1 Å². The van der Waals surface area contributed by atoms with Crippen LogP contribution in [0.15, 0.2) is 67.0 Å². The quantitative estimate of drug-likeness (QED) is 0.423. The minimum Gasteiger partial charge on any atom is -0.468 e. The molecule has 0 aliphatic heterocycles. The summed E-state index contributed by atoms with van der Waals surface area (Å²) in [6, 6.07) is 16.7. The summed E-state index contributed by atoms with van der Waals surface area (Å²) in [6.45, 7) is 2.72. The highest BCUT2D eigenvalue weighted by Gasteiger charge is 2.13. The first-order valence-electron chi connectivity index (χ1n) is 9.48. The van der Waals surface area contributed by atoms with E-state index in [2.05, 4.69) is 39.8 Å². The smallest absolute Gasteiger partial charge is 0.277 e. The van der Waals surface area contributed by atoms with Gasteiger partial charge in [-0.2, -0.15) is 10.2 Å². The van der Waals surface area contributed by atoms with Gasteiger partial charge in [0, 0.05) is 18.5 Å². The van der Waals surface area contributed by atoms with Crippen molar-refractivity contribution in [2.24, 2.45) is 0 Å². The number of amides is 1. The van der Waals surface area contributed by atoms with Gasteiger partial charge in [-0.05, 0) is 30.7 Å². The van der Waals surface area contributed by atoms with Gasteiger partial charge in [-0.1, -0.05) is 59.1 Å². The number of aromatic nitrogens is 4. The molecule has 0 fully saturated rings. The number of hydrogen-bond acceptors (Lipinski definition) is 4. The fraction of sp³-hybridized carbons (Fsp3) is 0.136. The van der Waals surface area contributed by atoms with Gasteiger partial charge < -0.3 is 10.1 Å². The number of rotatable bonds is 7. The van der Waals surface area contributed by atoms with Crippen LogP contribution >= 0.6 is 23.2 Å². The van der Waals surface area contributed by atoms with Crippen LogP contribution in [0.4, 0.5) is 5.82 Å². The standard InChI is InChI=1S/C22H19Cl2N5O2/c1-15-5-7-16(8-6-15)13-28-12-10-20(27-28)25-22(30)19-9-11-29(26-19)14-31-21-17(23)3-2-4-18(21)24/h2-12H,13-14H2,1H3,(H,25,27,30). The van der Waals surface area contributed by atoms with Crippen molar-refractivity contribution in [3.63, 3.8) is 0 Å². The number of ether oxygens (including phenoxy) is 1. The average Bonchev–Trinajstić information content (AvgIpc) is 3.39. The van der Waals surface area contributed by atoms with Crippen molar-refractivity contribution in [2.75, 3.05) is 5.32 Å². The normalized spacial score (nSPS) is 10.8. The van der Waals surface area contributed by atoms with Crippen LogP contribution in [0.1, 0.15) is 21.6 Å². The van der Waals surface area contributed by atoms with E-state index in [4.69, 9.17) is 27.9 Å². The second-order valence-corrected chi connectivity index (χ2v) is 7.72. The number of halogens is 2. The number of nitrogens with one attached hydrogen (secondary N) is 1. The van der Waals surface area contributed by atoms with Crippen molar-refractivity contribution in [1.82, 2.24) is 19.6 Å². The molecule has 1 amide bonds. The third-order valence-corrected chi connectivity index (χ3v) is 5.08. The van der Waals surface area contributed by atoms with Crippen LogP contribution in [0.25, 0.3) is 0 Å². The summed E-state index contributed by atoms with van der Waals surface area (Å²) >= 11 is 12.2. The fourth-order valence-electron chi connectivity index (χ4n) is 2.88. The van der Waals surface area contributed by atoms with Gasteiger partial charge in [-0.25, -0.2) is 4.68 Å². The fourth-order valence-corrected chi connectivity index (χ4v) is 3.39. The zero-order valence-electron chi connectivity index (χ0n) is 16.6. The third-order valence-electron chi connectivity index (χ3n) is 4.48. The Morgan fingerprint density at radius 1 is 0.968 bits per heavy atom. The van der Waals surface area contributed by atoms with Gasteiger partial charge in [0.05, 0.1) is 16.6 Å². The number of carbonyl (C=O) groups is 1. The second kappa shape index (κ2) is 9.24. The van der Waals surface area contributed by atoms with Crippen molar-refractivity contribution in [1.29, 1.82) is 0 Å². The van der Waals surface area contributed by atoms with Crippen LogP contribution in [0, 0.1) is 6.92 Å². The maximum Gasteiger partial charge on any atom is 0.277 e. The molecule has 0 unspecified atom stereocenters. The van der Waals surface area contributed by atoms with E-state index in [0.717, 1.165) is 5.56 Å². The molecule has 2 aromatic heterocycles. The third kappa shape index (κ3) is 5.25. The van der Waals surface area contributed by atoms with Crippen molar-refractivity contribution < 1.29 is 9.53 Å². The predicted octanol–water partition coefficient (Wildman–Crippen LogP) is 5.03. The summed E-state index contributed by atoms with van der Waals surface area (Å²) in [7, 11) is 0. The Kier molecular flexibility index (Phi) is 6.25. The molecular formula is C22H19Cl2N5O2. The molecule has 4 rings (SSSR count). The largest absolute Gasteiger partial charge is 0.468 e. The van der Waals surface area contributed by atoms with Crippen molar-refractivity contribution in [3.05, 3.63) is 93.9 Å². The molecule has 9 heteroatoms. The van der Waals surface area contributed by atoms with Gasteiger partial charge in [-0.15, -0.1) is 0 Å².